The van der Waals surface area contributed by atoms with Crippen molar-refractivity contribution in [3.05, 3.63) is 64.5 Å². The molecule has 0 radical (unpaired) electrons. The fourth-order valence-electron chi connectivity index (χ4n) is 2.42. The number of ether oxygens (including phenoxy) is 1. The van der Waals surface area contributed by atoms with Gasteiger partial charge in [0.2, 0.25) is 0 Å². The number of methoxy groups -OCH3 is 1. The highest BCUT2D eigenvalue weighted by atomic mass is 16.5. The number of fused-ring (bicyclic) bond motifs is 1. The van der Waals surface area contributed by atoms with Gasteiger partial charge in [0.15, 0.2) is 0 Å². The summed E-state index contributed by atoms with van der Waals surface area (Å²) in [5.41, 5.74) is 1.24. The summed E-state index contributed by atoms with van der Waals surface area (Å²) in [6.07, 6.45) is 0. The van der Waals surface area contributed by atoms with Crippen LogP contribution in [-0.2, 0) is 0 Å². The minimum absolute atomic E-state index is 0.0424. The molecule has 6 heteroatoms. The van der Waals surface area contributed by atoms with E-state index in [0.717, 1.165) is 5.69 Å². The number of anilines is 2. The number of nitrogens with one attached hydrogen (secondary N) is 1. The van der Waals surface area contributed by atoms with E-state index in [1.807, 2.05) is 31.1 Å². The van der Waals surface area contributed by atoms with Crippen LogP contribution in [0, 0.1) is 0 Å². The summed E-state index contributed by atoms with van der Waals surface area (Å²) in [5, 5.41) is 3.37. The van der Waals surface area contributed by atoms with E-state index < -0.39 is 11.5 Å². The fourth-order valence-corrected chi connectivity index (χ4v) is 2.42. The van der Waals surface area contributed by atoms with Crippen molar-refractivity contribution in [2.45, 2.75) is 0 Å². The molecule has 2 aromatic carbocycles. The number of hydrogen-bond acceptors (Lipinski definition) is 5. The fraction of sp³-hybridized carbons (Fsp3) is 0.158. The molecule has 0 atom stereocenters. The summed E-state index contributed by atoms with van der Waals surface area (Å²) in [5.74, 6) is 0.163. The molecule has 0 saturated carbocycles. The Kier molecular flexibility index (Phi) is 4.43. The van der Waals surface area contributed by atoms with Gasteiger partial charge in [0.1, 0.15) is 16.9 Å². The van der Waals surface area contributed by atoms with Crippen LogP contribution < -0.4 is 20.6 Å². The molecule has 3 aromatic rings. The lowest BCUT2D eigenvalue weighted by molar-refractivity contribution is 0.102. The molecule has 0 saturated heterocycles. The zero-order valence-electron chi connectivity index (χ0n) is 14.2. The Morgan fingerprint density at radius 1 is 1.08 bits per heavy atom. The first-order valence-electron chi connectivity index (χ1n) is 7.68. The normalized spacial score (nSPS) is 10.5. The van der Waals surface area contributed by atoms with Crippen LogP contribution in [0.25, 0.3) is 11.0 Å². The molecular formula is C19H18N2O4. The molecule has 0 unspecified atom stereocenters. The highest BCUT2D eigenvalue weighted by molar-refractivity contribution is 6.05. The SMILES string of the molecule is COc1ccc(NC(=O)c2cc3cc(N(C)C)ccc3oc2=O)cc1. The Labute approximate surface area is 144 Å². The number of benzene rings is 2. The lowest BCUT2D eigenvalue weighted by atomic mass is 10.1. The average Bonchev–Trinajstić information content (AvgIpc) is 2.61. The van der Waals surface area contributed by atoms with Crippen LogP contribution in [0.15, 0.2) is 57.7 Å². The molecule has 0 aliphatic heterocycles. The van der Waals surface area contributed by atoms with Gasteiger partial charge < -0.3 is 19.4 Å². The van der Waals surface area contributed by atoms with Gasteiger partial charge in [0, 0.05) is 30.9 Å². The summed E-state index contributed by atoms with van der Waals surface area (Å²) >= 11 is 0. The summed E-state index contributed by atoms with van der Waals surface area (Å²) < 4.78 is 10.3. The van der Waals surface area contributed by atoms with Gasteiger partial charge in [-0.2, -0.15) is 0 Å². The minimum Gasteiger partial charge on any atom is -0.497 e. The predicted octanol–water partition coefficient (Wildman–Crippen LogP) is 3.12. The van der Waals surface area contributed by atoms with Crippen molar-refractivity contribution < 1.29 is 13.9 Å². The minimum atomic E-state index is -0.670. The first kappa shape index (κ1) is 16.6. The number of rotatable bonds is 4. The Morgan fingerprint density at radius 3 is 2.44 bits per heavy atom. The largest absolute Gasteiger partial charge is 0.497 e. The standard InChI is InChI=1S/C19H18N2O4/c1-21(2)14-6-9-17-12(10-14)11-16(19(23)25-17)18(22)20-13-4-7-15(24-3)8-5-13/h4-11H,1-3H3,(H,20,22). The summed E-state index contributed by atoms with van der Waals surface area (Å²) in [4.78, 5) is 26.5. The molecule has 0 spiro atoms. The van der Waals surface area contributed by atoms with Crippen molar-refractivity contribution in [3.8, 4) is 5.75 Å². The van der Waals surface area contributed by atoms with Crippen LogP contribution in [0.1, 0.15) is 10.4 Å². The van der Waals surface area contributed by atoms with Crippen molar-refractivity contribution in [1.82, 2.24) is 0 Å². The van der Waals surface area contributed by atoms with E-state index >= 15 is 0 Å². The van der Waals surface area contributed by atoms with E-state index in [1.54, 1.807) is 43.5 Å². The van der Waals surface area contributed by atoms with Gasteiger partial charge in [-0.05, 0) is 48.5 Å². The monoisotopic (exact) mass is 338 g/mol. The highest BCUT2D eigenvalue weighted by Gasteiger charge is 2.14. The van der Waals surface area contributed by atoms with Crippen LogP contribution in [0.2, 0.25) is 0 Å². The number of hydrogen-bond donors (Lipinski definition) is 1. The second kappa shape index (κ2) is 6.68. The number of nitrogens with zero attached hydrogens (tertiary/aromatic N) is 1. The maximum absolute atomic E-state index is 12.4. The molecule has 6 nitrogen and oxygen atoms in total. The Hall–Kier alpha value is -3.28. The summed E-state index contributed by atoms with van der Waals surface area (Å²) in [6, 6.07) is 13.8. The Morgan fingerprint density at radius 2 is 1.80 bits per heavy atom. The van der Waals surface area contributed by atoms with Crippen molar-refractivity contribution in [1.29, 1.82) is 0 Å². The number of amides is 1. The maximum Gasteiger partial charge on any atom is 0.349 e. The quantitative estimate of drug-likeness (QED) is 0.740. The van der Waals surface area contributed by atoms with Crippen LogP contribution >= 0.6 is 0 Å². The third-order valence-electron chi connectivity index (χ3n) is 3.82. The van der Waals surface area contributed by atoms with Gasteiger partial charge in [-0.1, -0.05) is 0 Å². The van der Waals surface area contributed by atoms with Crippen molar-refractivity contribution in [3.63, 3.8) is 0 Å². The highest BCUT2D eigenvalue weighted by Crippen LogP contribution is 2.21. The number of carbonyl (C=O) groups excluding carboxylic acids is 1. The average molecular weight is 338 g/mol. The van der Waals surface area contributed by atoms with E-state index in [2.05, 4.69) is 5.32 Å². The van der Waals surface area contributed by atoms with Gasteiger partial charge in [-0.25, -0.2) is 4.79 Å². The molecule has 25 heavy (non-hydrogen) atoms. The zero-order chi connectivity index (χ0) is 18.0. The first-order chi connectivity index (χ1) is 12.0. The van der Waals surface area contributed by atoms with Gasteiger partial charge in [0.05, 0.1) is 7.11 Å². The molecule has 1 N–H and O–H groups in total. The van der Waals surface area contributed by atoms with Gasteiger partial charge in [0.25, 0.3) is 5.91 Å². The number of carbonyl (C=O) groups is 1. The van der Waals surface area contributed by atoms with Gasteiger partial charge >= 0.3 is 5.63 Å². The third-order valence-corrected chi connectivity index (χ3v) is 3.82. The molecule has 0 aliphatic carbocycles. The molecule has 0 aliphatic rings. The lowest BCUT2D eigenvalue weighted by Crippen LogP contribution is -2.20. The Balaban J connectivity index is 1.94. The van der Waals surface area contributed by atoms with E-state index in [4.69, 9.17) is 9.15 Å². The summed E-state index contributed by atoms with van der Waals surface area (Å²) in [7, 11) is 5.39. The van der Waals surface area contributed by atoms with E-state index in [-0.39, 0.29) is 5.56 Å². The molecule has 1 heterocycles. The van der Waals surface area contributed by atoms with Crippen LogP contribution in [0.4, 0.5) is 11.4 Å². The molecule has 1 aromatic heterocycles. The van der Waals surface area contributed by atoms with E-state index in [9.17, 15) is 9.59 Å². The van der Waals surface area contributed by atoms with Gasteiger partial charge in [-0.3, -0.25) is 4.79 Å². The van der Waals surface area contributed by atoms with Crippen LogP contribution in [0.3, 0.4) is 0 Å². The Bertz CT molecular complexity index is 975. The van der Waals surface area contributed by atoms with E-state index in [0.29, 0.717) is 22.4 Å². The molecular weight excluding hydrogens is 320 g/mol. The molecule has 0 fully saturated rings. The summed E-state index contributed by atoms with van der Waals surface area (Å²) in [6.45, 7) is 0. The second-order valence-corrected chi connectivity index (χ2v) is 5.75. The second-order valence-electron chi connectivity index (χ2n) is 5.75. The lowest BCUT2D eigenvalue weighted by Gasteiger charge is -2.12. The van der Waals surface area contributed by atoms with Crippen molar-refractivity contribution >= 4 is 28.3 Å². The van der Waals surface area contributed by atoms with Crippen molar-refractivity contribution in [2.75, 3.05) is 31.4 Å². The van der Waals surface area contributed by atoms with E-state index in [1.165, 1.54) is 0 Å². The van der Waals surface area contributed by atoms with Gasteiger partial charge in [-0.15, -0.1) is 0 Å². The topological polar surface area (TPSA) is 71.8 Å². The zero-order valence-corrected chi connectivity index (χ0v) is 14.2. The smallest absolute Gasteiger partial charge is 0.349 e. The molecule has 128 valence electrons. The van der Waals surface area contributed by atoms with Crippen LogP contribution in [-0.4, -0.2) is 27.1 Å². The molecule has 3 rings (SSSR count). The first-order valence-corrected chi connectivity index (χ1v) is 7.68. The predicted molar refractivity (Wildman–Crippen MR) is 97.8 cm³/mol. The maximum atomic E-state index is 12.4. The molecule has 1 amide bonds. The van der Waals surface area contributed by atoms with Crippen molar-refractivity contribution in [2.24, 2.45) is 0 Å². The van der Waals surface area contributed by atoms with Crippen LogP contribution in [0.5, 0.6) is 5.75 Å². The third kappa shape index (κ3) is 3.47. The molecule has 0 bridgehead atoms.